The second kappa shape index (κ2) is 6.92. The van der Waals surface area contributed by atoms with Gasteiger partial charge in [0.25, 0.3) is 5.91 Å². The van der Waals surface area contributed by atoms with E-state index in [9.17, 15) is 4.79 Å². The SMILES string of the molecule is O=C(c1cccc2ncnn12)N1CCc2oc(CCc3ccccc3)nc2C1. The zero-order valence-corrected chi connectivity index (χ0v) is 15.3. The molecule has 1 aliphatic heterocycles. The number of amides is 1. The van der Waals surface area contributed by atoms with E-state index in [0.29, 0.717) is 30.9 Å². The molecule has 0 saturated carbocycles. The van der Waals surface area contributed by atoms with Gasteiger partial charge in [-0.15, -0.1) is 0 Å². The van der Waals surface area contributed by atoms with Crippen LogP contribution in [0.1, 0.15) is 33.4 Å². The molecule has 7 nitrogen and oxygen atoms in total. The van der Waals surface area contributed by atoms with Crippen molar-refractivity contribution in [3.05, 3.63) is 83.5 Å². The van der Waals surface area contributed by atoms with E-state index in [1.54, 1.807) is 15.5 Å². The Balaban J connectivity index is 1.32. The number of fused-ring (bicyclic) bond motifs is 2. The Morgan fingerprint density at radius 3 is 2.86 bits per heavy atom. The number of nitrogens with zero attached hydrogens (tertiary/aromatic N) is 5. The fourth-order valence-corrected chi connectivity index (χ4v) is 3.60. The summed E-state index contributed by atoms with van der Waals surface area (Å²) >= 11 is 0. The van der Waals surface area contributed by atoms with Gasteiger partial charge in [0.2, 0.25) is 0 Å². The van der Waals surface area contributed by atoms with E-state index in [0.717, 1.165) is 30.2 Å². The molecule has 0 atom stereocenters. The number of rotatable bonds is 4. The molecule has 0 radical (unpaired) electrons. The third-order valence-corrected chi connectivity index (χ3v) is 5.05. The van der Waals surface area contributed by atoms with Gasteiger partial charge < -0.3 is 9.32 Å². The molecule has 0 N–H and O–H groups in total. The molecule has 1 amide bonds. The van der Waals surface area contributed by atoms with Crippen molar-refractivity contribution in [3.8, 4) is 0 Å². The van der Waals surface area contributed by atoms with Crippen LogP contribution in [0, 0.1) is 0 Å². The maximum atomic E-state index is 13.0. The first-order valence-electron chi connectivity index (χ1n) is 9.37. The number of aromatic nitrogens is 4. The van der Waals surface area contributed by atoms with Crippen molar-refractivity contribution < 1.29 is 9.21 Å². The van der Waals surface area contributed by atoms with E-state index in [-0.39, 0.29) is 5.91 Å². The predicted octanol–water partition coefficient (Wildman–Crippen LogP) is 2.70. The zero-order chi connectivity index (χ0) is 18.9. The van der Waals surface area contributed by atoms with Crippen LogP contribution in [0.25, 0.3) is 5.65 Å². The lowest BCUT2D eigenvalue weighted by atomic mass is 10.1. The Labute approximate surface area is 161 Å². The standard InChI is InChI=1S/C21H19N5O2/c27-21(17-7-4-8-19-22-14-23-26(17)19)25-12-11-18-16(13-25)24-20(28-18)10-9-15-5-2-1-3-6-15/h1-8,14H,9-13H2. The van der Waals surface area contributed by atoms with Crippen LogP contribution in [0.15, 0.2) is 59.3 Å². The van der Waals surface area contributed by atoms with Crippen LogP contribution in [0.5, 0.6) is 0 Å². The Morgan fingerprint density at radius 1 is 1.07 bits per heavy atom. The van der Waals surface area contributed by atoms with Gasteiger partial charge in [-0.1, -0.05) is 36.4 Å². The summed E-state index contributed by atoms with van der Waals surface area (Å²) in [5.41, 5.74) is 3.28. The quantitative estimate of drug-likeness (QED) is 0.550. The smallest absolute Gasteiger partial charge is 0.272 e. The van der Waals surface area contributed by atoms with E-state index in [2.05, 4.69) is 27.2 Å². The van der Waals surface area contributed by atoms with Crippen molar-refractivity contribution in [3.63, 3.8) is 0 Å². The predicted molar refractivity (Wildman–Crippen MR) is 102 cm³/mol. The maximum Gasteiger partial charge on any atom is 0.272 e. The van der Waals surface area contributed by atoms with Crippen molar-refractivity contribution in [2.24, 2.45) is 0 Å². The van der Waals surface area contributed by atoms with E-state index in [1.165, 1.54) is 11.9 Å². The number of pyridine rings is 1. The van der Waals surface area contributed by atoms with Gasteiger partial charge in [-0.25, -0.2) is 14.5 Å². The van der Waals surface area contributed by atoms with Crippen molar-refractivity contribution in [2.45, 2.75) is 25.8 Å². The highest BCUT2D eigenvalue weighted by atomic mass is 16.4. The molecule has 0 fully saturated rings. The Morgan fingerprint density at radius 2 is 1.96 bits per heavy atom. The number of aryl methyl sites for hydroxylation is 2. The molecule has 3 aromatic heterocycles. The van der Waals surface area contributed by atoms with Crippen LogP contribution in [0.2, 0.25) is 0 Å². The molecule has 0 unspecified atom stereocenters. The third kappa shape index (κ3) is 3.05. The minimum atomic E-state index is -0.0735. The van der Waals surface area contributed by atoms with E-state index >= 15 is 0 Å². The molecule has 0 spiro atoms. The minimum absolute atomic E-state index is 0.0735. The van der Waals surface area contributed by atoms with E-state index < -0.39 is 0 Å². The van der Waals surface area contributed by atoms with Gasteiger partial charge in [0.1, 0.15) is 23.5 Å². The van der Waals surface area contributed by atoms with Crippen LogP contribution in [0.4, 0.5) is 0 Å². The van der Waals surface area contributed by atoms with Gasteiger partial charge in [-0.2, -0.15) is 5.10 Å². The average molecular weight is 373 g/mol. The van der Waals surface area contributed by atoms with Crippen molar-refractivity contribution >= 4 is 11.6 Å². The summed E-state index contributed by atoms with van der Waals surface area (Å²) in [5, 5.41) is 4.16. The molecule has 140 valence electrons. The Kier molecular flexibility index (Phi) is 4.12. The van der Waals surface area contributed by atoms with Crippen LogP contribution >= 0.6 is 0 Å². The molecular formula is C21H19N5O2. The average Bonchev–Trinajstić information content (AvgIpc) is 3.38. The lowest BCUT2D eigenvalue weighted by molar-refractivity contribution is 0.0719. The Hall–Kier alpha value is -3.48. The number of carbonyl (C=O) groups is 1. The summed E-state index contributed by atoms with van der Waals surface area (Å²) < 4.78 is 7.52. The zero-order valence-electron chi connectivity index (χ0n) is 15.3. The van der Waals surface area contributed by atoms with Gasteiger partial charge in [0.15, 0.2) is 11.5 Å². The summed E-state index contributed by atoms with van der Waals surface area (Å²) in [6, 6.07) is 15.7. The molecule has 1 aliphatic rings. The van der Waals surface area contributed by atoms with Crippen LogP contribution in [-0.4, -0.2) is 36.9 Å². The van der Waals surface area contributed by atoms with Crippen molar-refractivity contribution in [2.75, 3.05) is 6.54 Å². The lowest BCUT2D eigenvalue weighted by Gasteiger charge is -2.25. The first-order valence-corrected chi connectivity index (χ1v) is 9.37. The van der Waals surface area contributed by atoms with Crippen LogP contribution in [0.3, 0.4) is 0 Å². The molecule has 4 heterocycles. The van der Waals surface area contributed by atoms with Gasteiger partial charge >= 0.3 is 0 Å². The number of oxazole rings is 1. The molecule has 5 rings (SSSR count). The summed E-state index contributed by atoms with van der Waals surface area (Å²) in [7, 11) is 0. The van der Waals surface area contributed by atoms with E-state index in [1.807, 2.05) is 30.3 Å². The molecule has 0 saturated heterocycles. The third-order valence-electron chi connectivity index (χ3n) is 5.05. The number of hydrogen-bond donors (Lipinski definition) is 0. The minimum Gasteiger partial charge on any atom is -0.445 e. The van der Waals surface area contributed by atoms with Crippen molar-refractivity contribution in [1.29, 1.82) is 0 Å². The fourth-order valence-electron chi connectivity index (χ4n) is 3.60. The molecular weight excluding hydrogens is 354 g/mol. The highest BCUT2D eigenvalue weighted by molar-refractivity contribution is 5.93. The monoisotopic (exact) mass is 373 g/mol. The van der Waals surface area contributed by atoms with Gasteiger partial charge in [0.05, 0.1) is 6.54 Å². The molecule has 28 heavy (non-hydrogen) atoms. The summed E-state index contributed by atoms with van der Waals surface area (Å²) in [6.07, 6.45) is 3.77. The number of carbonyl (C=O) groups excluding carboxylic acids is 1. The van der Waals surface area contributed by atoms with E-state index in [4.69, 9.17) is 4.42 Å². The number of hydrogen-bond acceptors (Lipinski definition) is 5. The molecule has 1 aromatic carbocycles. The summed E-state index contributed by atoms with van der Waals surface area (Å²) in [6.45, 7) is 1.05. The van der Waals surface area contributed by atoms with Crippen LogP contribution < -0.4 is 0 Å². The largest absolute Gasteiger partial charge is 0.445 e. The second-order valence-corrected chi connectivity index (χ2v) is 6.88. The molecule has 7 heteroatoms. The van der Waals surface area contributed by atoms with Gasteiger partial charge in [0, 0.05) is 19.4 Å². The molecule has 0 bridgehead atoms. The lowest BCUT2D eigenvalue weighted by Crippen LogP contribution is -2.36. The summed E-state index contributed by atoms with van der Waals surface area (Å²) in [5.74, 6) is 1.56. The topological polar surface area (TPSA) is 76.5 Å². The summed E-state index contributed by atoms with van der Waals surface area (Å²) in [4.78, 5) is 23.6. The fraction of sp³-hybridized carbons (Fsp3) is 0.238. The highest BCUT2D eigenvalue weighted by Crippen LogP contribution is 2.22. The van der Waals surface area contributed by atoms with Crippen LogP contribution in [-0.2, 0) is 25.8 Å². The molecule has 4 aromatic rings. The maximum absolute atomic E-state index is 13.0. The van der Waals surface area contributed by atoms with Gasteiger partial charge in [-0.3, -0.25) is 4.79 Å². The normalized spacial score (nSPS) is 13.6. The van der Waals surface area contributed by atoms with Gasteiger partial charge in [-0.05, 0) is 24.1 Å². The first-order chi connectivity index (χ1) is 13.8. The Bertz CT molecular complexity index is 1130. The first kappa shape index (κ1) is 16.7. The highest BCUT2D eigenvalue weighted by Gasteiger charge is 2.27. The molecule has 0 aliphatic carbocycles. The number of benzene rings is 1. The second-order valence-electron chi connectivity index (χ2n) is 6.88. The van der Waals surface area contributed by atoms with Crippen molar-refractivity contribution in [1.82, 2.24) is 24.5 Å².